The average molecular weight is 539 g/mol. The van der Waals surface area contributed by atoms with Crippen molar-refractivity contribution < 1.29 is 38.1 Å². The molecule has 2 aromatic rings. The number of carbonyl (C=O) groups excluding carboxylic acids is 3. The van der Waals surface area contributed by atoms with E-state index in [1.165, 1.54) is 19.3 Å². The molecule has 1 aliphatic rings. The van der Waals surface area contributed by atoms with E-state index in [9.17, 15) is 14.4 Å². The van der Waals surface area contributed by atoms with Crippen molar-refractivity contribution in [2.75, 3.05) is 7.11 Å². The first kappa shape index (κ1) is 30.1. The Morgan fingerprint density at radius 3 is 1.56 bits per heavy atom. The Kier molecular flexibility index (Phi) is 9.69. The van der Waals surface area contributed by atoms with Crippen molar-refractivity contribution in [1.82, 2.24) is 0 Å². The molecule has 1 fully saturated rings. The maximum absolute atomic E-state index is 13.6. The summed E-state index contributed by atoms with van der Waals surface area (Å²) in [6.07, 6.45) is -2.54. The first-order chi connectivity index (χ1) is 18.4. The summed E-state index contributed by atoms with van der Waals surface area (Å²) in [5, 5.41) is 0. The number of carbonyl (C=O) groups is 3. The Balaban J connectivity index is 2.05. The molecule has 1 heterocycles. The number of rotatable bonds is 7. The van der Waals surface area contributed by atoms with Gasteiger partial charge in [-0.3, -0.25) is 0 Å². The van der Waals surface area contributed by atoms with Gasteiger partial charge in [-0.25, -0.2) is 14.4 Å². The van der Waals surface area contributed by atoms with Crippen LogP contribution in [0.4, 0.5) is 0 Å². The smallest absolute Gasteiger partial charge is 0.339 e. The SMILES string of the molecule is C/C=C/C(=O)O[C@H]1[C@H](OC(=O)c2c(C)cc(C)cc2C)[C@@H](OC(=O)c2c(C)cc(C)cc2C)[C@@H](OC)O[C@@H]1C. The molecule has 0 bridgehead atoms. The van der Waals surface area contributed by atoms with Gasteiger partial charge >= 0.3 is 17.9 Å². The second-order valence-electron chi connectivity index (χ2n) is 10.1. The van der Waals surface area contributed by atoms with Crippen LogP contribution in [0.5, 0.6) is 0 Å². The largest absolute Gasteiger partial charge is 0.452 e. The van der Waals surface area contributed by atoms with Crippen LogP contribution in [0.2, 0.25) is 0 Å². The van der Waals surface area contributed by atoms with Crippen LogP contribution >= 0.6 is 0 Å². The van der Waals surface area contributed by atoms with Crippen LogP contribution in [0.25, 0.3) is 0 Å². The summed E-state index contributed by atoms with van der Waals surface area (Å²) >= 11 is 0. The summed E-state index contributed by atoms with van der Waals surface area (Å²) in [6, 6.07) is 7.55. The first-order valence-corrected chi connectivity index (χ1v) is 13.0. The van der Waals surface area contributed by atoms with Gasteiger partial charge in [-0.2, -0.15) is 0 Å². The van der Waals surface area contributed by atoms with Gasteiger partial charge in [-0.05, 0) is 77.6 Å². The van der Waals surface area contributed by atoms with Crippen molar-refractivity contribution in [2.24, 2.45) is 0 Å². The molecule has 0 aromatic heterocycles. The quantitative estimate of drug-likeness (QED) is 0.271. The van der Waals surface area contributed by atoms with Crippen molar-refractivity contribution in [2.45, 2.75) is 86.1 Å². The van der Waals surface area contributed by atoms with Crippen molar-refractivity contribution in [1.29, 1.82) is 0 Å². The first-order valence-electron chi connectivity index (χ1n) is 13.0. The van der Waals surface area contributed by atoms with Crippen molar-refractivity contribution >= 4 is 17.9 Å². The summed E-state index contributed by atoms with van der Waals surface area (Å²) in [4.78, 5) is 39.5. The Morgan fingerprint density at radius 2 is 1.15 bits per heavy atom. The Bertz CT molecular complexity index is 1230. The van der Waals surface area contributed by atoms with Crippen LogP contribution in [-0.2, 0) is 28.5 Å². The van der Waals surface area contributed by atoms with Gasteiger partial charge in [0.2, 0.25) is 0 Å². The second-order valence-corrected chi connectivity index (χ2v) is 10.1. The molecule has 39 heavy (non-hydrogen) atoms. The van der Waals surface area contributed by atoms with Crippen molar-refractivity contribution in [3.8, 4) is 0 Å². The van der Waals surface area contributed by atoms with Gasteiger partial charge < -0.3 is 23.7 Å². The average Bonchev–Trinajstić information content (AvgIpc) is 2.81. The van der Waals surface area contributed by atoms with Crippen molar-refractivity contribution in [3.63, 3.8) is 0 Å². The van der Waals surface area contributed by atoms with Gasteiger partial charge in [0.15, 0.2) is 24.6 Å². The predicted octanol–water partition coefficient (Wildman–Crippen LogP) is 5.17. The second kappa shape index (κ2) is 12.6. The van der Waals surface area contributed by atoms with Crippen LogP contribution in [-0.4, -0.2) is 55.7 Å². The Labute approximate surface area is 230 Å². The van der Waals surface area contributed by atoms with Crippen molar-refractivity contribution in [3.05, 3.63) is 80.9 Å². The molecule has 0 unspecified atom stereocenters. The molecule has 1 saturated heterocycles. The number of esters is 3. The molecule has 0 radical (unpaired) electrons. The van der Waals surface area contributed by atoms with E-state index in [1.807, 2.05) is 65.8 Å². The Hall–Kier alpha value is -3.49. The molecule has 0 spiro atoms. The molecular formula is C31H38O8. The molecule has 2 aromatic carbocycles. The van der Waals surface area contributed by atoms with E-state index in [1.54, 1.807) is 13.8 Å². The van der Waals surface area contributed by atoms with E-state index in [4.69, 9.17) is 23.7 Å². The van der Waals surface area contributed by atoms with E-state index in [0.717, 1.165) is 33.4 Å². The number of methoxy groups -OCH3 is 1. The van der Waals surface area contributed by atoms with Gasteiger partial charge in [0.25, 0.3) is 0 Å². The molecule has 0 N–H and O–H groups in total. The zero-order valence-electron chi connectivity index (χ0n) is 24.1. The molecule has 0 amide bonds. The summed E-state index contributed by atoms with van der Waals surface area (Å²) < 4.78 is 29.1. The fraction of sp³-hybridized carbons (Fsp3) is 0.452. The monoisotopic (exact) mass is 538 g/mol. The third-order valence-corrected chi connectivity index (χ3v) is 6.76. The van der Waals surface area contributed by atoms with Crippen LogP contribution in [0, 0.1) is 41.5 Å². The number of benzene rings is 2. The molecule has 8 heteroatoms. The highest BCUT2D eigenvalue weighted by molar-refractivity contribution is 5.94. The predicted molar refractivity (Wildman–Crippen MR) is 146 cm³/mol. The minimum atomic E-state index is -1.22. The van der Waals surface area contributed by atoms with E-state index < -0.39 is 48.6 Å². The van der Waals surface area contributed by atoms with E-state index in [2.05, 4.69) is 0 Å². The maximum atomic E-state index is 13.6. The Morgan fingerprint density at radius 1 is 0.718 bits per heavy atom. The van der Waals surface area contributed by atoms with E-state index >= 15 is 0 Å². The van der Waals surface area contributed by atoms with Gasteiger partial charge in [0, 0.05) is 13.2 Å². The number of hydrogen-bond donors (Lipinski definition) is 0. The highest BCUT2D eigenvalue weighted by atomic mass is 16.7. The lowest BCUT2D eigenvalue weighted by Crippen LogP contribution is -2.61. The molecule has 0 aliphatic carbocycles. The van der Waals surface area contributed by atoms with Crippen LogP contribution in [0.15, 0.2) is 36.4 Å². The molecule has 5 atom stereocenters. The third kappa shape index (κ3) is 6.75. The van der Waals surface area contributed by atoms with Gasteiger partial charge in [0.05, 0.1) is 17.2 Å². The number of hydrogen-bond acceptors (Lipinski definition) is 8. The molecule has 0 saturated carbocycles. The van der Waals surface area contributed by atoms with E-state index in [-0.39, 0.29) is 0 Å². The molecule has 3 rings (SSSR count). The zero-order valence-corrected chi connectivity index (χ0v) is 24.1. The third-order valence-electron chi connectivity index (χ3n) is 6.76. The van der Waals surface area contributed by atoms with Crippen LogP contribution in [0.3, 0.4) is 0 Å². The number of ether oxygens (including phenoxy) is 5. The lowest BCUT2D eigenvalue weighted by atomic mass is 9.96. The topological polar surface area (TPSA) is 97.4 Å². The number of aryl methyl sites for hydroxylation is 6. The van der Waals surface area contributed by atoms with Crippen LogP contribution in [0.1, 0.15) is 67.9 Å². The zero-order chi connectivity index (χ0) is 29.0. The van der Waals surface area contributed by atoms with E-state index in [0.29, 0.717) is 11.1 Å². The van der Waals surface area contributed by atoms with Crippen LogP contribution < -0.4 is 0 Å². The maximum Gasteiger partial charge on any atom is 0.339 e. The molecule has 8 nitrogen and oxygen atoms in total. The minimum Gasteiger partial charge on any atom is -0.452 e. The fourth-order valence-electron chi connectivity index (χ4n) is 5.26. The lowest BCUT2D eigenvalue weighted by Gasteiger charge is -2.43. The van der Waals surface area contributed by atoms with Gasteiger partial charge in [-0.15, -0.1) is 0 Å². The standard InChI is InChI=1S/C31H38O8/c1-10-11-23(32)37-26-22(8)36-31(35-9)28(39-30(34)25-20(6)14-17(3)15-21(25)7)27(26)38-29(33)24-18(4)12-16(2)13-19(24)5/h10-15,22,26-28,31H,1-9H3/b11-10+/t22-,26-,27+,28-,31+/m1/s1. The molecule has 1 aliphatic heterocycles. The fourth-order valence-corrected chi connectivity index (χ4v) is 5.26. The lowest BCUT2D eigenvalue weighted by molar-refractivity contribution is -0.286. The summed E-state index contributed by atoms with van der Waals surface area (Å²) in [7, 11) is 1.40. The summed E-state index contributed by atoms with van der Waals surface area (Å²) in [5.41, 5.74) is 5.77. The minimum absolute atomic E-state index is 0.391. The highest BCUT2D eigenvalue weighted by Gasteiger charge is 2.51. The molecule has 210 valence electrons. The van der Waals surface area contributed by atoms with Gasteiger partial charge in [-0.1, -0.05) is 41.5 Å². The normalized spacial score (nSPS) is 22.9. The summed E-state index contributed by atoms with van der Waals surface area (Å²) in [6.45, 7) is 14.5. The summed E-state index contributed by atoms with van der Waals surface area (Å²) in [5.74, 6) is -1.90. The number of allylic oxidation sites excluding steroid dienone is 1. The van der Waals surface area contributed by atoms with Gasteiger partial charge in [0.1, 0.15) is 0 Å². The highest BCUT2D eigenvalue weighted by Crippen LogP contribution is 2.31. The molecular weight excluding hydrogens is 500 g/mol.